The number of rotatable bonds is 7. The van der Waals surface area contributed by atoms with Crippen molar-refractivity contribution >= 4 is 11.9 Å². The van der Waals surface area contributed by atoms with Crippen LogP contribution in [0.2, 0.25) is 0 Å². The van der Waals surface area contributed by atoms with Gasteiger partial charge in [0, 0.05) is 12.6 Å². The molecule has 0 aromatic carbocycles. The Morgan fingerprint density at radius 1 is 1.47 bits per heavy atom. The molecule has 1 heterocycles. The first kappa shape index (κ1) is 14.3. The van der Waals surface area contributed by atoms with E-state index in [4.69, 9.17) is 5.11 Å². The van der Waals surface area contributed by atoms with Crippen molar-refractivity contribution in [3.8, 4) is 0 Å². The molecule has 3 N–H and O–H groups in total. The molecule has 108 valence electrons. The predicted molar refractivity (Wildman–Crippen MR) is 71.7 cm³/mol. The molecule has 1 saturated carbocycles. The van der Waals surface area contributed by atoms with Gasteiger partial charge >= 0.3 is 5.97 Å². The van der Waals surface area contributed by atoms with Crippen LogP contribution < -0.4 is 10.6 Å². The first-order valence-corrected chi connectivity index (χ1v) is 7.31. The SMILES string of the molecule is CCCC1(C(=O)NC(CC(=O)O)C2CC2)CCNC1. The van der Waals surface area contributed by atoms with Crippen LogP contribution in [0, 0.1) is 11.3 Å². The van der Waals surface area contributed by atoms with Gasteiger partial charge in [0.1, 0.15) is 0 Å². The van der Waals surface area contributed by atoms with Crippen LogP contribution in [0.1, 0.15) is 45.4 Å². The van der Waals surface area contributed by atoms with Crippen molar-refractivity contribution in [2.24, 2.45) is 11.3 Å². The van der Waals surface area contributed by atoms with Crippen molar-refractivity contribution in [1.82, 2.24) is 10.6 Å². The van der Waals surface area contributed by atoms with Gasteiger partial charge in [-0.05, 0) is 38.1 Å². The van der Waals surface area contributed by atoms with Crippen molar-refractivity contribution in [2.75, 3.05) is 13.1 Å². The fourth-order valence-electron chi connectivity index (χ4n) is 3.09. The maximum Gasteiger partial charge on any atom is 0.305 e. The number of hydrogen-bond acceptors (Lipinski definition) is 3. The Kier molecular flexibility index (Phi) is 4.45. The lowest BCUT2D eigenvalue weighted by Gasteiger charge is -2.29. The number of nitrogens with one attached hydrogen (secondary N) is 2. The Morgan fingerprint density at radius 2 is 2.21 bits per heavy atom. The number of carbonyl (C=O) groups is 2. The number of hydrogen-bond donors (Lipinski definition) is 3. The van der Waals surface area contributed by atoms with Crippen molar-refractivity contribution < 1.29 is 14.7 Å². The van der Waals surface area contributed by atoms with E-state index in [1.807, 2.05) is 0 Å². The Bertz CT molecular complexity index is 347. The molecule has 5 heteroatoms. The zero-order valence-corrected chi connectivity index (χ0v) is 11.6. The second kappa shape index (κ2) is 5.90. The van der Waals surface area contributed by atoms with E-state index in [0.29, 0.717) is 5.92 Å². The molecule has 1 amide bonds. The molecule has 0 spiro atoms. The molecule has 0 bridgehead atoms. The highest BCUT2D eigenvalue weighted by molar-refractivity contribution is 5.84. The first-order valence-electron chi connectivity index (χ1n) is 7.31. The largest absolute Gasteiger partial charge is 0.481 e. The van der Waals surface area contributed by atoms with E-state index in [1.54, 1.807) is 0 Å². The summed E-state index contributed by atoms with van der Waals surface area (Å²) in [4.78, 5) is 23.4. The molecule has 19 heavy (non-hydrogen) atoms. The Hall–Kier alpha value is -1.10. The summed E-state index contributed by atoms with van der Waals surface area (Å²) >= 11 is 0. The van der Waals surface area contributed by atoms with Gasteiger partial charge in [-0.15, -0.1) is 0 Å². The smallest absolute Gasteiger partial charge is 0.305 e. The monoisotopic (exact) mass is 268 g/mol. The van der Waals surface area contributed by atoms with E-state index in [1.165, 1.54) is 0 Å². The molecular formula is C14H24N2O3. The molecule has 5 nitrogen and oxygen atoms in total. The van der Waals surface area contributed by atoms with Crippen LogP contribution in [0.25, 0.3) is 0 Å². The van der Waals surface area contributed by atoms with Crippen molar-refractivity contribution in [3.63, 3.8) is 0 Å². The number of carbonyl (C=O) groups excluding carboxylic acids is 1. The molecule has 1 aliphatic carbocycles. The van der Waals surface area contributed by atoms with Crippen molar-refractivity contribution in [3.05, 3.63) is 0 Å². The van der Waals surface area contributed by atoms with Crippen LogP contribution in [-0.2, 0) is 9.59 Å². The topological polar surface area (TPSA) is 78.4 Å². The number of carboxylic acids is 1. The van der Waals surface area contributed by atoms with Gasteiger partial charge in [-0.1, -0.05) is 13.3 Å². The maximum atomic E-state index is 12.5. The fourth-order valence-corrected chi connectivity index (χ4v) is 3.09. The van der Waals surface area contributed by atoms with Crippen LogP contribution in [0.4, 0.5) is 0 Å². The molecule has 2 aliphatic rings. The summed E-state index contributed by atoms with van der Waals surface area (Å²) in [6.07, 6.45) is 4.83. The average Bonchev–Trinajstić information content (AvgIpc) is 3.09. The third-order valence-electron chi connectivity index (χ3n) is 4.36. The van der Waals surface area contributed by atoms with E-state index in [-0.39, 0.29) is 23.8 Å². The minimum absolute atomic E-state index is 0.0477. The van der Waals surface area contributed by atoms with Crippen LogP contribution in [0.3, 0.4) is 0 Å². The quantitative estimate of drug-likeness (QED) is 0.647. The standard InChI is InChI=1S/C14H24N2O3/c1-2-5-14(6-7-15-9-14)13(19)16-11(8-12(17)18)10-3-4-10/h10-11,15H,2-9H2,1H3,(H,16,19)(H,17,18). The number of aliphatic carboxylic acids is 1. The third kappa shape index (κ3) is 3.47. The van der Waals surface area contributed by atoms with Gasteiger partial charge in [0.2, 0.25) is 5.91 Å². The van der Waals surface area contributed by atoms with Gasteiger partial charge in [-0.3, -0.25) is 9.59 Å². The van der Waals surface area contributed by atoms with Crippen LogP contribution >= 0.6 is 0 Å². The molecule has 0 aromatic heterocycles. The molecule has 2 fully saturated rings. The lowest BCUT2D eigenvalue weighted by molar-refractivity contribution is -0.138. The highest BCUT2D eigenvalue weighted by Crippen LogP contribution is 2.36. The van der Waals surface area contributed by atoms with Gasteiger partial charge in [0.25, 0.3) is 0 Å². The average molecular weight is 268 g/mol. The maximum absolute atomic E-state index is 12.5. The van der Waals surface area contributed by atoms with Crippen LogP contribution in [0.5, 0.6) is 0 Å². The summed E-state index contributed by atoms with van der Waals surface area (Å²) < 4.78 is 0. The molecule has 1 saturated heterocycles. The summed E-state index contributed by atoms with van der Waals surface area (Å²) in [5, 5.41) is 15.2. The molecular weight excluding hydrogens is 244 g/mol. The van der Waals surface area contributed by atoms with Crippen LogP contribution in [-0.4, -0.2) is 36.1 Å². The minimum atomic E-state index is -0.828. The normalized spacial score (nSPS) is 28.1. The lowest BCUT2D eigenvalue weighted by atomic mass is 9.81. The minimum Gasteiger partial charge on any atom is -0.481 e. The molecule has 0 radical (unpaired) electrons. The summed E-state index contributed by atoms with van der Waals surface area (Å²) in [5.41, 5.74) is -0.319. The third-order valence-corrected chi connectivity index (χ3v) is 4.36. The summed E-state index contributed by atoms with van der Waals surface area (Å²) in [6.45, 7) is 3.68. The first-order chi connectivity index (χ1) is 9.07. The number of amides is 1. The second-order valence-electron chi connectivity index (χ2n) is 5.97. The van der Waals surface area contributed by atoms with Gasteiger partial charge in [0.15, 0.2) is 0 Å². The van der Waals surface area contributed by atoms with Gasteiger partial charge in [0.05, 0.1) is 11.8 Å². The highest BCUT2D eigenvalue weighted by atomic mass is 16.4. The summed E-state index contributed by atoms with van der Waals surface area (Å²) in [7, 11) is 0. The second-order valence-corrected chi connectivity index (χ2v) is 5.97. The summed E-state index contributed by atoms with van der Waals surface area (Å²) in [5.74, 6) is -0.406. The molecule has 1 aliphatic heterocycles. The lowest BCUT2D eigenvalue weighted by Crippen LogP contribution is -2.48. The van der Waals surface area contributed by atoms with E-state index in [2.05, 4.69) is 17.6 Å². The molecule has 2 atom stereocenters. The van der Waals surface area contributed by atoms with Gasteiger partial charge in [-0.2, -0.15) is 0 Å². The van der Waals surface area contributed by atoms with Crippen molar-refractivity contribution in [2.45, 2.75) is 51.5 Å². The van der Waals surface area contributed by atoms with E-state index in [9.17, 15) is 9.59 Å². The van der Waals surface area contributed by atoms with Gasteiger partial charge in [-0.25, -0.2) is 0 Å². The zero-order valence-electron chi connectivity index (χ0n) is 11.6. The summed E-state index contributed by atoms with van der Waals surface area (Å²) in [6, 6.07) is -0.181. The van der Waals surface area contributed by atoms with E-state index < -0.39 is 5.97 Å². The zero-order chi connectivity index (χ0) is 13.9. The predicted octanol–water partition coefficient (Wildman–Crippen LogP) is 1.14. The number of carboxylic acid groups (broad SMARTS) is 1. The van der Waals surface area contributed by atoms with E-state index in [0.717, 1.165) is 45.2 Å². The molecule has 2 unspecified atom stereocenters. The highest BCUT2D eigenvalue weighted by Gasteiger charge is 2.43. The van der Waals surface area contributed by atoms with E-state index >= 15 is 0 Å². The molecule has 2 rings (SSSR count). The molecule has 0 aromatic rings. The Labute approximate surface area is 114 Å². The Balaban J connectivity index is 1.98. The van der Waals surface area contributed by atoms with Gasteiger partial charge < -0.3 is 15.7 Å². The van der Waals surface area contributed by atoms with Crippen molar-refractivity contribution in [1.29, 1.82) is 0 Å². The fraction of sp³-hybridized carbons (Fsp3) is 0.857. The Morgan fingerprint density at radius 3 is 2.68 bits per heavy atom. The van der Waals surface area contributed by atoms with Crippen LogP contribution in [0.15, 0.2) is 0 Å².